The third-order valence-corrected chi connectivity index (χ3v) is 6.69. The number of ether oxygens (including phenoxy) is 2. The first-order chi connectivity index (χ1) is 12.7. The van der Waals surface area contributed by atoms with Crippen LogP contribution in [0.2, 0.25) is 0 Å². The van der Waals surface area contributed by atoms with Crippen molar-refractivity contribution in [2.45, 2.75) is 61.5 Å². The van der Waals surface area contributed by atoms with Crippen LogP contribution in [0.15, 0.2) is 23.1 Å². The molecule has 27 heavy (non-hydrogen) atoms. The number of hydrogen-bond acceptors (Lipinski definition) is 5. The second-order valence-electron chi connectivity index (χ2n) is 7.53. The summed E-state index contributed by atoms with van der Waals surface area (Å²) in [7, 11) is 1.98. The molecule has 1 aromatic rings. The van der Waals surface area contributed by atoms with E-state index in [2.05, 4.69) is 11.4 Å². The van der Waals surface area contributed by atoms with Crippen molar-refractivity contribution in [3.05, 3.63) is 18.2 Å². The zero-order chi connectivity index (χ0) is 17.9. The van der Waals surface area contributed by atoms with Crippen molar-refractivity contribution in [1.82, 2.24) is 10.2 Å². The number of thioether (sulfide) groups is 1. The monoisotopic (exact) mass is 412 g/mol. The van der Waals surface area contributed by atoms with Gasteiger partial charge >= 0.3 is 0 Å². The summed E-state index contributed by atoms with van der Waals surface area (Å²) < 4.78 is 11.4. The van der Waals surface area contributed by atoms with E-state index in [1.165, 1.54) is 12.8 Å². The maximum atomic E-state index is 12.6. The Balaban J connectivity index is 0.00000210. The van der Waals surface area contributed by atoms with Crippen molar-refractivity contribution < 1.29 is 14.3 Å². The van der Waals surface area contributed by atoms with Gasteiger partial charge < -0.3 is 19.7 Å². The lowest BCUT2D eigenvalue weighted by Gasteiger charge is -2.35. The lowest BCUT2D eigenvalue weighted by molar-refractivity contribution is -0.132. The van der Waals surface area contributed by atoms with Gasteiger partial charge in [-0.1, -0.05) is 0 Å². The van der Waals surface area contributed by atoms with Gasteiger partial charge in [-0.2, -0.15) is 0 Å². The summed E-state index contributed by atoms with van der Waals surface area (Å²) in [6.07, 6.45) is 6.24. The Morgan fingerprint density at radius 2 is 1.89 bits per heavy atom. The molecule has 0 aromatic heterocycles. The highest BCUT2D eigenvalue weighted by Gasteiger charge is 2.36. The number of halogens is 1. The molecule has 7 heteroatoms. The number of nitrogens with one attached hydrogen (secondary N) is 1. The Hall–Kier alpha value is -1.11. The van der Waals surface area contributed by atoms with Crippen LogP contribution in [0, 0.1) is 0 Å². The molecule has 3 heterocycles. The number of rotatable bonds is 5. The second kappa shape index (κ2) is 9.39. The predicted molar refractivity (Wildman–Crippen MR) is 110 cm³/mol. The molecule has 2 bridgehead atoms. The molecule has 0 saturated carbocycles. The Kier molecular flexibility index (Phi) is 7.17. The molecule has 5 nitrogen and oxygen atoms in total. The molecule has 1 amide bonds. The summed E-state index contributed by atoms with van der Waals surface area (Å²) in [5.41, 5.74) is 0. The number of piperidine rings is 1. The lowest BCUT2D eigenvalue weighted by atomic mass is 9.98. The minimum atomic E-state index is 0. The van der Waals surface area contributed by atoms with Crippen LogP contribution in [0.5, 0.6) is 11.5 Å². The van der Waals surface area contributed by atoms with E-state index in [0.29, 0.717) is 37.8 Å². The quantitative estimate of drug-likeness (QED) is 0.750. The van der Waals surface area contributed by atoms with Crippen molar-refractivity contribution in [2.24, 2.45) is 0 Å². The maximum absolute atomic E-state index is 12.6. The van der Waals surface area contributed by atoms with Gasteiger partial charge in [0.2, 0.25) is 5.91 Å². The lowest BCUT2D eigenvalue weighted by Crippen LogP contribution is -2.48. The Morgan fingerprint density at radius 1 is 1.19 bits per heavy atom. The minimum Gasteiger partial charge on any atom is -0.490 e. The summed E-state index contributed by atoms with van der Waals surface area (Å²) in [5.74, 6) is 2.70. The normalized spacial score (nSPS) is 26.0. The van der Waals surface area contributed by atoms with Crippen LogP contribution in [0.25, 0.3) is 0 Å². The van der Waals surface area contributed by atoms with E-state index < -0.39 is 0 Å². The van der Waals surface area contributed by atoms with Crippen molar-refractivity contribution in [2.75, 3.05) is 26.0 Å². The van der Waals surface area contributed by atoms with Gasteiger partial charge in [0.05, 0.1) is 13.2 Å². The zero-order valence-electron chi connectivity index (χ0n) is 15.8. The summed E-state index contributed by atoms with van der Waals surface area (Å²) in [5, 5.41) is 3.64. The summed E-state index contributed by atoms with van der Waals surface area (Å²) in [6, 6.07) is 7.70. The van der Waals surface area contributed by atoms with Crippen LogP contribution in [-0.4, -0.2) is 54.9 Å². The molecule has 0 spiro atoms. The van der Waals surface area contributed by atoms with Crippen molar-refractivity contribution >= 4 is 30.1 Å². The molecule has 150 valence electrons. The minimum absolute atomic E-state index is 0. The molecule has 2 fully saturated rings. The molecular formula is C20H29ClN2O3S. The molecular weight excluding hydrogens is 384 g/mol. The third kappa shape index (κ3) is 5.04. The van der Waals surface area contributed by atoms with Crippen molar-refractivity contribution in [3.8, 4) is 11.5 Å². The number of carbonyl (C=O) groups excluding carboxylic acids is 1. The topological polar surface area (TPSA) is 50.8 Å². The average molecular weight is 413 g/mol. The van der Waals surface area contributed by atoms with E-state index >= 15 is 0 Å². The van der Waals surface area contributed by atoms with Crippen molar-refractivity contribution in [3.63, 3.8) is 0 Å². The number of nitrogens with zero attached hydrogens (tertiary/aromatic N) is 1. The second-order valence-corrected chi connectivity index (χ2v) is 8.69. The summed E-state index contributed by atoms with van der Waals surface area (Å²) in [4.78, 5) is 15.7. The van der Waals surface area contributed by atoms with Crippen LogP contribution in [0.4, 0.5) is 0 Å². The van der Waals surface area contributed by atoms with Gasteiger partial charge in [0.1, 0.15) is 0 Å². The standard InChI is InChI=1S/C20H28N2O3S.ClH/c1-22(16-11-14-3-4-15(12-16)21-14)20(23)7-10-26-17-5-6-18-19(13-17)25-9-2-8-24-18;/h5-6,13-16,21H,2-4,7-12H2,1H3;1H. The van der Waals surface area contributed by atoms with Gasteiger partial charge in [-0.15, -0.1) is 24.2 Å². The smallest absolute Gasteiger partial charge is 0.223 e. The van der Waals surface area contributed by atoms with Gasteiger partial charge in [0, 0.05) is 48.7 Å². The Bertz CT molecular complexity index is 648. The summed E-state index contributed by atoms with van der Waals surface area (Å²) >= 11 is 1.71. The molecule has 2 unspecified atom stereocenters. The molecule has 1 N–H and O–H groups in total. The Morgan fingerprint density at radius 3 is 2.63 bits per heavy atom. The third-order valence-electron chi connectivity index (χ3n) is 5.69. The highest BCUT2D eigenvalue weighted by Crippen LogP contribution is 2.34. The fraction of sp³-hybridized carbons (Fsp3) is 0.650. The molecule has 2 saturated heterocycles. The number of carbonyl (C=O) groups is 1. The van der Waals surface area contributed by atoms with E-state index in [-0.39, 0.29) is 18.3 Å². The van der Waals surface area contributed by atoms with Gasteiger partial charge in [0.15, 0.2) is 11.5 Å². The highest BCUT2D eigenvalue weighted by atomic mass is 35.5. The highest BCUT2D eigenvalue weighted by molar-refractivity contribution is 7.99. The van der Waals surface area contributed by atoms with Crippen LogP contribution in [-0.2, 0) is 4.79 Å². The molecule has 0 aliphatic carbocycles. The molecule has 3 aliphatic heterocycles. The number of hydrogen-bond donors (Lipinski definition) is 1. The van der Waals surface area contributed by atoms with E-state index in [1.807, 2.05) is 24.1 Å². The van der Waals surface area contributed by atoms with Gasteiger partial charge in [-0.05, 0) is 43.9 Å². The first-order valence-corrected chi connectivity index (χ1v) is 10.7. The largest absolute Gasteiger partial charge is 0.490 e. The van der Waals surface area contributed by atoms with Crippen LogP contribution < -0.4 is 14.8 Å². The Labute approximate surface area is 171 Å². The summed E-state index contributed by atoms with van der Waals surface area (Å²) in [6.45, 7) is 1.40. The molecule has 4 rings (SSSR count). The molecule has 2 atom stereocenters. The van der Waals surface area contributed by atoms with Crippen LogP contribution in [0.1, 0.15) is 38.5 Å². The number of benzene rings is 1. The molecule has 3 aliphatic rings. The zero-order valence-corrected chi connectivity index (χ0v) is 17.4. The van der Waals surface area contributed by atoms with Crippen LogP contribution >= 0.6 is 24.2 Å². The maximum Gasteiger partial charge on any atom is 0.223 e. The van der Waals surface area contributed by atoms with E-state index in [0.717, 1.165) is 41.4 Å². The first kappa shape index (κ1) is 20.6. The fourth-order valence-electron chi connectivity index (χ4n) is 4.21. The first-order valence-electron chi connectivity index (χ1n) is 9.73. The van der Waals surface area contributed by atoms with E-state index in [1.54, 1.807) is 11.8 Å². The van der Waals surface area contributed by atoms with Crippen molar-refractivity contribution in [1.29, 1.82) is 0 Å². The van der Waals surface area contributed by atoms with E-state index in [9.17, 15) is 4.79 Å². The molecule has 1 aromatic carbocycles. The SMILES string of the molecule is CN(C(=O)CCSc1ccc2c(c1)OCCCO2)C1CC2CCC(C1)N2.Cl. The van der Waals surface area contributed by atoms with Crippen LogP contribution in [0.3, 0.4) is 0 Å². The van der Waals surface area contributed by atoms with E-state index in [4.69, 9.17) is 9.47 Å². The number of fused-ring (bicyclic) bond motifs is 3. The number of amides is 1. The van der Waals surface area contributed by atoms with Gasteiger partial charge in [0.25, 0.3) is 0 Å². The predicted octanol–water partition coefficient (Wildman–Crippen LogP) is 3.49. The van der Waals surface area contributed by atoms with Gasteiger partial charge in [-0.25, -0.2) is 0 Å². The fourth-order valence-corrected chi connectivity index (χ4v) is 5.08. The van der Waals surface area contributed by atoms with Gasteiger partial charge in [-0.3, -0.25) is 4.79 Å². The molecule has 0 radical (unpaired) electrons. The average Bonchev–Trinajstić information content (AvgIpc) is 2.85.